The molecule has 2 unspecified atom stereocenters. The lowest BCUT2D eigenvalue weighted by molar-refractivity contribution is -0.148. The maximum absolute atomic E-state index is 10.8. The van der Waals surface area contributed by atoms with Crippen LogP contribution in [-0.2, 0) is 4.79 Å². The summed E-state index contributed by atoms with van der Waals surface area (Å²) >= 11 is 0. The maximum atomic E-state index is 10.8. The van der Waals surface area contributed by atoms with Crippen molar-refractivity contribution < 1.29 is 9.90 Å². The monoisotopic (exact) mass is 184 g/mol. The third-order valence-electron chi connectivity index (χ3n) is 3.53. The highest BCUT2D eigenvalue weighted by Gasteiger charge is 2.36. The third kappa shape index (κ3) is 2.45. The van der Waals surface area contributed by atoms with Crippen LogP contribution in [0.3, 0.4) is 0 Å². The van der Waals surface area contributed by atoms with Crippen LogP contribution in [0.2, 0.25) is 0 Å². The minimum Gasteiger partial charge on any atom is -0.481 e. The van der Waals surface area contributed by atoms with E-state index in [1.165, 1.54) is 12.8 Å². The summed E-state index contributed by atoms with van der Waals surface area (Å²) in [5.41, 5.74) is 0. The van der Waals surface area contributed by atoms with Crippen LogP contribution < -0.4 is 0 Å². The zero-order valence-electron chi connectivity index (χ0n) is 8.62. The predicted octanol–water partition coefficient (Wildman–Crippen LogP) is 2.92. The summed E-state index contributed by atoms with van der Waals surface area (Å²) in [5, 5.41) is 8.86. The molecule has 2 nitrogen and oxygen atoms in total. The van der Waals surface area contributed by atoms with Gasteiger partial charge in [0.2, 0.25) is 0 Å². The number of carboxylic acids is 1. The van der Waals surface area contributed by atoms with E-state index in [-0.39, 0.29) is 5.92 Å². The second-order valence-electron chi connectivity index (χ2n) is 4.20. The van der Waals surface area contributed by atoms with Gasteiger partial charge in [0, 0.05) is 0 Å². The van der Waals surface area contributed by atoms with Gasteiger partial charge in [0.15, 0.2) is 0 Å². The first-order chi connectivity index (χ1) is 6.19. The smallest absolute Gasteiger partial charge is 0.306 e. The maximum Gasteiger partial charge on any atom is 0.306 e. The summed E-state index contributed by atoms with van der Waals surface area (Å²) < 4.78 is 0. The summed E-state index contributed by atoms with van der Waals surface area (Å²) in [6, 6.07) is 0. The van der Waals surface area contributed by atoms with Gasteiger partial charge in [-0.3, -0.25) is 4.79 Å². The Morgan fingerprint density at radius 3 is 2.31 bits per heavy atom. The molecule has 0 aliphatic heterocycles. The number of carbonyl (C=O) groups is 1. The molecule has 0 radical (unpaired) electrons. The number of aliphatic carboxylic acids is 1. The Balaban J connectivity index is 2.32. The van der Waals surface area contributed by atoms with E-state index < -0.39 is 5.97 Å². The molecule has 2 atom stereocenters. The van der Waals surface area contributed by atoms with Gasteiger partial charge in [-0.15, -0.1) is 0 Å². The van der Waals surface area contributed by atoms with Crippen molar-refractivity contribution in [3.63, 3.8) is 0 Å². The van der Waals surface area contributed by atoms with Crippen molar-refractivity contribution in [3.8, 4) is 0 Å². The Hall–Kier alpha value is -0.530. The molecule has 0 spiro atoms. The first-order valence-corrected chi connectivity index (χ1v) is 5.41. The molecular formula is C11H20O2. The van der Waals surface area contributed by atoms with Crippen molar-refractivity contribution >= 4 is 5.97 Å². The zero-order valence-corrected chi connectivity index (χ0v) is 8.62. The van der Waals surface area contributed by atoms with Crippen LogP contribution in [0.25, 0.3) is 0 Å². The van der Waals surface area contributed by atoms with E-state index in [4.69, 9.17) is 5.11 Å². The fourth-order valence-corrected chi connectivity index (χ4v) is 2.23. The second-order valence-corrected chi connectivity index (χ2v) is 4.20. The van der Waals surface area contributed by atoms with Gasteiger partial charge in [-0.2, -0.15) is 0 Å². The summed E-state index contributed by atoms with van der Waals surface area (Å²) in [6.07, 6.45) is 5.55. The van der Waals surface area contributed by atoms with Crippen molar-refractivity contribution in [1.82, 2.24) is 0 Å². The molecule has 1 rings (SSSR count). The van der Waals surface area contributed by atoms with E-state index in [0.29, 0.717) is 5.92 Å². The van der Waals surface area contributed by atoms with Gasteiger partial charge in [-0.05, 0) is 31.1 Å². The van der Waals surface area contributed by atoms with Crippen molar-refractivity contribution in [1.29, 1.82) is 0 Å². The van der Waals surface area contributed by atoms with E-state index in [2.05, 4.69) is 13.8 Å². The molecule has 0 aromatic rings. The minimum absolute atomic E-state index is 0.0272. The zero-order chi connectivity index (χ0) is 9.84. The molecule has 0 saturated heterocycles. The van der Waals surface area contributed by atoms with Crippen LogP contribution >= 0.6 is 0 Å². The highest BCUT2D eigenvalue weighted by atomic mass is 16.4. The first-order valence-electron chi connectivity index (χ1n) is 5.41. The second kappa shape index (κ2) is 4.64. The van der Waals surface area contributed by atoms with Crippen LogP contribution in [0.1, 0.15) is 46.0 Å². The van der Waals surface area contributed by atoms with Crippen LogP contribution in [0.4, 0.5) is 0 Å². The molecule has 1 saturated carbocycles. The SMILES string of the molecule is CCC(CC)CC1CCC1C(=O)O. The molecule has 76 valence electrons. The Bertz CT molecular complexity index is 173. The molecule has 1 N–H and O–H groups in total. The van der Waals surface area contributed by atoms with Crippen LogP contribution in [0.5, 0.6) is 0 Å². The Labute approximate surface area is 80.3 Å². The lowest BCUT2D eigenvalue weighted by atomic mass is 9.69. The van der Waals surface area contributed by atoms with Gasteiger partial charge in [0.05, 0.1) is 5.92 Å². The van der Waals surface area contributed by atoms with Gasteiger partial charge in [-0.25, -0.2) is 0 Å². The highest BCUT2D eigenvalue weighted by molar-refractivity contribution is 5.71. The molecule has 1 fully saturated rings. The Morgan fingerprint density at radius 2 is 2.00 bits per heavy atom. The lowest BCUT2D eigenvalue weighted by Crippen LogP contribution is -2.34. The van der Waals surface area contributed by atoms with Gasteiger partial charge in [0.1, 0.15) is 0 Å². The largest absolute Gasteiger partial charge is 0.481 e. The lowest BCUT2D eigenvalue weighted by Gasteiger charge is -2.35. The Morgan fingerprint density at radius 1 is 1.38 bits per heavy atom. The van der Waals surface area contributed by atoms with E-state index in [1.807, 2.05) is 0 Å². The topological polar surface area (TPSA) is 37.3 Å². The normalized spacial score (nSPS) is 27.3. The van der Waals surface area contributed by atoms with Crippen molar-refractivity contribution in [3.05, 3.63) is 0 Å². The number of hydrogen-bond acceptors (Lipinski definition) is 1. The quantitative estimate of drug-likeness (QED) is 0.713. The number of carboxylic acid groups (broad SMARTS) is 1. The molecule has 1 aliphatic carbocycles. The number of hydrogen-bond donors (Lipinski definition) is 1. The summed E-state index contributed by atoms with van der Waals surface area (Å²) in [4.78, 5) is 10.8. The van der Waals surface area contributed by atoms with Crippen molar-refractivity contribution in [2.75, 3.05) is 0 Å². The summed E-state index contributed by atoms with van der Waals surface area (Å²) in [5.74, 6) is 0.609. The van der Waals surface area contributed by atoms with E-state index in [9.17, 15) is 4.79 Å². The van der Waals surface area contributed by atoms with Gasteiger partial charge < -0.3 is 5.11 Å². The van der Waals surface area contributed by atoms with Gasteiger partial charge >= 0.3 is 5.97 Å². The average molecular weight is 184 g/mol. The fraction of sp³-hybridized carbons (Fsp3) is 0.909. The molecule has 0 bridgehead atoms. The van der Waals surface area contributed by atoms with E-state index >= 15 is 0 Å². The molecule has 0 heterocycles. The van der Waals surface area contributed by atoms with Crippen molar-refractivity contribution in [2.45, 2.75) is 46.0 Å². The molecule has 0 aromatic heterocycles. The Kier molecular flexibility index (Phi) is 3.76. The van der Waals surface area contributed by atoms with Crippen LogP contribution in [0, 0.1) is 17.8 Å². The van der Waals surface area contributed by atoms with E-state index in [0.717, 1.165) is 25.2 Å². The third-order valence-corrected chi connectivity index (χ3v) is 3.53. The van der Waals surface area contributed by atoms with Crippen LogP contribution in [0.15, 0.2) is 0 Å². The van der Waals surface area contributed by atoms with Crippen molar-refractivity contribution in [2.24, 2.45) is 17.8 Å². The fourth-order valence-electron chi connectivity index (χ4n) is 2.23. The summed E-state index contributed by atoms with van der Waals surface area (Å²) in [6.45, 7) is 4.39. The summed E-state index contributed by atoms with van der Waals surface area (Å²) in [7, 11) is 0. The molecule has 2 heteroatoms. The first kappa shape index (κ1) is 10.6. The average Bonchev–Trinajstić information content (AvgIpc) is 2.03. The predicted molar refractivity (Wildman–Crippen MR) is 52.5 cm³/mol. The standard InChI is InChI=1S/C11H20O2/c1-3-8(4-2)7-9-5-6-10(9)11(12)13/h8-10H,3-7H2,1-2H3,(H,12,13). The van der Waals surface area contributed by atoms with E-state index in [1.54, 1.807) is 0 Å². The molecular weight excluding hydrogens is 164 g/mol. The minimum atomic E-state index is -0.581. The highest BCUT2D eigenvalue weighted by Crippen LogP contribution is 2.39. The molecule has 13 heavy (non-hydrogen) atoms. The number of rotatable bonds is 5. The van der Waals surface area contributed by atoms with Gasteiger partial charge in [-0.1, -0.05) is 26.7 Å². The van der Waals surface area contributed by atoms with Gasteiger partial charge in [0.25, 0.3) is 0 Å². The van der Waals surface area contributed by atoms with Crippen LogP contribution in [-0.4, -0.2) is 11.1 Å². The molecule has 1 aliphatic rings. The molecule has 0 aromatic carbocycles. The molecule has 0 amide bonds.